The van der Waals surface area contributed by atoms with Crippen LogP contribution in [-0.4, -0.2) is 31.4 Å². The molecule has 168 valence electrons. The normalized spacial score (nSPS) is 12.2. The molecule has 0 spiro atoms. The Hall–Kier alpha value is -3.40. The molecule has 32 heavy (non-hydrogen) atoms. The number of pyridine rings is 1. The minimum absolute atomic E-state index is 0.0318. The average Bonchev–Trinajstić information content (AvgIpc) is 3.14. The lowest BCUT2D eigenvalue weighted by Gasteiger charge is -2.19. The molecular formula is C21H19ClF3N5O2. The van der Waals surface area contributed by atoms with Gasteiger partial charge in [0, 0.05) is 11.9 Å². The Balaban J connectivity index is 1.67. The number of anilines is 1. The minimum Gasteiger partial charge on any atom is -0.444 e. The molecule has 1 amide bonds. The summed E-state index contributed by atoms with van der Waals surface area (Å²) in [7, 11) is 0. The molecule has 0 saturated heterocycles. The molecule has 0 radical (unpaired) electrons. The first-order valence-electron chi connectivity index (χ1n) is 9.34. The van der Waals surface area contributed by atoms with Crippen molar-refractivity contribution in [3.05, 3.63) is 64.8 Å². The number of hydrogen-bond donors (Lipinski definition) is 1. The zero-order chi connectivity index (χ0) is 23.5. The third-order valence-electron chi connectivity index (χ3n) is 3.86. The van der Waals surface area contributed by atoms with E-state index in [4.69, 9.17) is 16.3 Å². The topological polar surface area (TPSA) is 81.9 Å². The van der Waals surface area contributed by atoms with Gasteiger partial charge >= 0.3 is 12.3 Å². The summed E-state index contributed by atoms with van der Waals surface area (Å²) in [5, 5.41) is 6.59. The van der Waals surface area contributed by atoms with Crippen molar-refractivity contribution in [3.8, 4) is 5.82 Å². The second-order valence-electron chi connectivity index (χ2n) is 7.66. The lowest BCUT2D eigenvalue weighted by molar-refractivity contribution is -0.137. The number of amides is 1. The smallest absolute Gasteiger partial charge is 0.417 e. The molecule has 1 N–H and O–H groups in total. The van der Waals surface area contributed by atoms with Crippen LogP contribution in [0, 0.1) is 0 Å². The third kappa shape index (κ3) is 6.30. The number of carbonyl (C=O) groups is 1. The average molecular weight is 466 g/mol. The van der Waals surface area contributed by atoms with Gasteiger partial charge in [-0.1, -0.05) is 29.8 Å². The van der Waals surface area contributed by atoms with Gasteiger partial charge in [0.1, 0.15) is 11.9 Å². The van der Waals surface area contributed by atoms with E-state index >= 15 is 0 Å². The van der Waals surface area contributed by atoms with Gasteiger partial charge < -0.3 is 4.74 Å². The highest BCUT2D eigenvalue weighted by Gasteiger charge is 2.31. The van der Waals surface area contributed by atoms with E-state index in [1.54, 1.807) is 57.2 Å². The Bertz CT molecular complexity index is 1140. The summed E-state index contributed by atoms with van der Waals surface area (Å²) >= 11 is 5.93. The lowest BCUT2D eigenvalue weighted by Crippen LogP contribution is -2.27. The maximum absolute atomic E-state index is 12.8. The number of hydrogen-bond acceptors (Lipinski definition) is 5. The van der Waals surface area contributed by atoms with Gasteiger partial charge in [0.25, 0.3) is 0 Å². The van der Waals surface area contributed by atoms with Crippen LogP contribution in [0.2, 0.25) is 5.02 Å². The van der Waals surface area contributed by atoms with Crippen molar-refractivity contribution in [2.24, 2.45) is 0 Å². The fourth-order valence-corrected chi connectivity index (χ4v) is 2.73. The van der Waals surface area contributed by atoms with E-state index in [1.165, 1.54) is 11.0 Å². The van der Waals surface area contributed by atoms with E-state index in [-0.39, 0.29) is 10.8 Å². The standard InChI is InChI=1S/C21H19ClF3N5O2/c1-20(2,3)32-19(31)28-15-7-4-13(5-8-15)6-9-17-27-12-30(29-17)18-16(22)10-14(11-26-18)21(23,24)25/h4-12H,1-3H3,(H,28,31). The van der Waals surface area contributed by atoms with Crippen LogP contribution in [0.3, 0.4) is 0 Å². The summed E-state index contributed by atoms with van der Waals surface area (Å²) < 4.78 is 44.6. The predicted octanol–water partition coefficient (Wildman–Crippen LogP) is 5.85. The largest absolute Gasteiger partial charge is 0.444 e. The van der Waals surface area contributed by atoms with Crippen LogP contribution in [0.4, 0.5) is 23.7 Å². The molecule has 1 aromatic carbocycles. The van der Waals surface area contributed by atoms with Crippen LogP contribution in [0.15, 0.2) is 42.9 Å². The number of alkyl halides is 3. The maximum atomic E-state index is 12.8. The van der Waals surface area contributed by atoms with Crippen LogP contribution in [0.25, 0.3) is 18.0 Å². The zero-order valence-electron chi connectivity index (χ0n) is 17.3. The third-order valence-corrected chi connectivity index (χ3v) is 4.13. The monoisotopic (exact) mass is 465 g/mol. The number of benzene rings is 1. The lowest BCUT2D eigenvalue weighted by atomic mass is 10.2. The van der Waals surface area contributed by atoms with Crippen LogP contribution in [0.1, 0.15) is 37.7 Å². The second-order valence-corrected chi connectivity index (χ2v) is 8.06. The number of aromatic nitrogens is 4. The maximum Gasteiger partial charge on any atom is 0.417 e. The van der Waals surface area contributed by atoms with E-state index < -0.39 is 23.4 Å². The molecule has 2 aromatic heterocycles. The molecule has 11 heteroatoms. The summed E-state index contributed by atoms with van der Waals surface area (Å²) in [5.41, 5.74) is -0.164. The highest BCUT2D eigenvalue weighted by Crippen LogP contribution is 2.31. The van der Waals surface area contributed by atoms with Gasteiger partial charge in [0.2, 0.25) is 0 Å². The number of ether oxygens (including phenoxy) is 1. The number of halogens is 4. The Morgan fingerprint density at radius 3 is 2.41 bits per heavy atom. The van der Waals surface area contributed by atoms with Crippen LogP contribution >= 0.6 is 11.6 Å². The van der Waals surface area contributed by atoms with Crippen molar-refractivity contribution >= 4 is 35.5 Å². The van der Waals surface area contributed by atoms with E-state index in [0.29, 0.717) is 17.7 Å². The fraction of sp³-hybridized carbons (Fsp3) is 0.238. The summed E-state index contributed by atoms with van der Waals surface area (Å²) in [6.45, 7) is 5.33. The summed E-state index contributed by atoms with van der Waals surface area (Å²) in [6, 6.07) is 7.75. The molecule has 0 aliphatic heterocycles. The molecule has 0 aliphatic carbocycles. The first-order valence-corrected chi connectivity index (χ1v) is 9.71. The zero-order valence-corrected chi connectivity index (χ0v) is 18.1. The van der Waals surface area contributed by atoms with Gasteiger partial charge in [-0.15, -0.1) is 5.10 Å². The molecule has 0 saturated carbocycles. The molecule has 0 unspecified atom stereocenters. The van der Waals surface area contributed by atoms with Gasteiger partial charge in [-0.25, -0.2) is 19.4 Å². The summed E-state index contributed by atoms with van der Waals surface area (Å²) in [4.78, 5) is 19.6. The van der Waals surface area contributed by atoms with Gasteiger partial charge in [-0.05, 0) is 50.6 Å². The van der Waals surface area contributed by atoms with Crippen molar-refractivity contribution in [1.82, 2.24) is 19.7 Å². The van der Waals surface area contributed by atoms with Gasteiger partial charge in [-0.3, -0.25) is 5.32 Å². The number of rotatable bonds is 4. The first-order chi connectivity index (χ1) is 14.9. The molecule has 3 rings (SSSR count). The van der Waals surface area contributed by atoms with E-state index in [9.17, 15) is 18.0 Å². The molecule has 3 aromatic rings. The van der Waals surface area contributed by atoms with Gasteiger partial charge in [0.05, 0.1) is 10.6 Å². The van der Waals surface area contributed by atoms with E-state index in [0.717, 1.165) is 11.6 Å². The number of carbonyl (C=O) groups excluding carboxylic acids is 1. The van der Waals surface area contributed by atoms with Crippen molar-refractivity contribution in [2.75, 3.05) is 5.32 Å². The van der Waals surface area contributed by atoms with Crippen molar-refractivity contribution in [3.63, 3.8) is 0 Å². The quantitative estimate of drug-likeness (QED) is 0.522. The van der Waals surface area contributed by atoms with Crippen molar-refractivity contribution in [2.45, 2.75) is 32.5 Å². The predicted molar refractivity (Wildman–Crippen MR) is 114 cm³/mol. The molecule has 2 heterocycles. The SMILES string of the molecule is CC(C)(C)OC(=O)Nc1ccc(C=Cc2ncn(-c3ncc(C(F)(F)F)cc3Cl)n2)cc1. The highest BCUT2D eigenvalue weighted by molar-refractivity contribution is 6.32. The second kappa shape index (κ2) is 8.99. The molecule has 0 fully saturated rings. The van der Waals surface area contributed by atoms with Crippen molar-refractivity contribution < 1.29 is 22.7 Å². The Kier molecular flexibility index (Phi) is 6.54. The van der Waals surface area contributed by atoms with Crippen LogP contribution in [0.5, 0.6) is 0 Å². The molecule has 0 bridgehead atoms. The highest BCUT2D eigenvalue weighted by atomic mass is 35.5. The number of nitrogens with one attached hydrogen (secondary N) is 1. The minimum atomic E-state index is -4.54. The molecule has 0 atom stereocenters. The molecule has 0 aliphatic rings. The first kappa shape index (κ1) is 23.3. The van der Waals surface area contributed by atoms with Crippen molar-refractivity contribution in [1.29, 1.82) is 0 Å². The van der Waals surface area contributed by atoms with Crippen LogP contribution in [-0.2, 0) is 10.9 Å². The van der Waals surface area contributed by atoms with Gasteiger partial charge in [0.15, 0.2) is 11.6 Å². The summed E-state index contributed by atoms with van der Waals surface area (Å²) in [6.07, 6.45) is 0.249. The Labute approximate surface area is 186 Å². The fourth-order valence-electron chi connectivity index (χ4n) is 2.48. The Morgan fingerprint density at radius 2 is 1.81 bits per heavy atom. The summed E-state index contributed by atoms with van der Waals surface area (Å²) in [5.74, 6) is 0.336. The molecule has 7 nitrogen and oxygen atoms in total. The Morgan fingerprint density at radius 1 is 1.12 bits per heavy atom. The van der Waals surface area contributed by atoms with Gasteiger partial charge in [-0.2, -0.15) is 13.2 Å². The van der Waals surface area contributed by atoms with E-state index in [1.807, 2.05) is 0 Å². The number of nitrogens with zero attached hydrogens (tertiary/aromatic N) is 4. The van der Waals surface area contributed by atoms with E-state index in [2.05, 4.69) is 20.4 Å². The molecular weight excluding hydrogens is 447 g/mol. The van der Waals surface area contributed by atoms with Crippen LogP contribution < -0.4 is 5.32 Å².